The van der Waals surface area contributed by atoms with E-state index in [4.69, 9.17) is 4.42 Å². The largest absolute Gasteiger partial charge is 0.421 e. The maximum Gasteiger partial charge on any atom is 0.416 e. The summed E-state index contributed by atoms with van der Waals surface area (Å²) in [6.07, 6.45) is -3.24. The molecule has 1 fully saturated rings. The molecule has 2 amide bonds. The van der Waals surface area contributed by atoms with Crippen molar-refractivity contribution >= 4 is 23.2 Å². The van der Waals surface area contributed by atoms with Crippen LogP contribution in [0.5, 0.6) is 0 Å². The van der Waals surface area contributed by atoms with Gasteiger partial charge in [0.25, 0.3) is 0 Å². The molecule has 33 heavy (non-hydrogen) atoms. The van der Waals surface area contributed by atoms with Crippen LogP contribution in [0.4, 0.5) is 13.2 Å². The van der Waals surface area contributed by atoms with Crippen molar-refractivity contribution in [3.05, 3.63) is 58.1 Å². The number of hydrogen-bond acceptors (Lipinski definition) is 6. The Morgan fingerprint density at radius 3 is 2.82 bits per heavy atom. The van der Waals surface area contributed by atoms with Crippen LogP contribution in [0.25, 0.3) is 11.5 Å². The fourth-order valence-corrected chi connectivity index (χ4v) is 4.26. The van der Waals surface area contributed by atoms with Crippen LogP contribution in [0.3, 0.4) is 0 Å². The van der Waals surface area contributed by atoms with Crippen molar-refractivity contribution in [2.45, 2.75) is 37.9 Å². The van der Waals surface area contributed by atoms with Crippen LogP contribution in [0.15, 0.2) is 45.5 Å². The lowest BCUT2D eigenvalue weighted by Crippen LogP contribution is -2.38. The van der Waals surface area contributed by atoms with Gasteiger partial charge >= 0.3 is 6.18 Å². The number of nitrogens with zero attached hydrogens (tertiary/aromatic N) is 3. The number of aryl methyl sites for hydroxylation is 1. The minimum Gasteiger partial charge on any atom is -0.421 e. The number of benzene rings is 1. The number of carbonyl (C=O) groups is 2. The Balaban J connectivity index is 1.44. The van der Waals surface area contributed by atoms with Crippen LogP contribution in [0.1, 0.15) is 42.3 Å². The summed E-state index contributed by atoms with van der Waals surface area (Å²) in [4.78, 5) is 26.3. The molecule has 0 saturated carbocycles. The van der Waals surface area contributed by atoms with E-state index >= 15 is 0 Å². The first-order chi connectivity index (χ1) is 15.8. The van der Waals surface area contributed by atoms with Crippen LogP contribution >= 0.6 is 11.3 Å². The highest BCUT2D eigenvalue weighted by Crippen LogP contribution is 2.31. The third kappa shape index (κ3) is 5.78. The average Bonchev–Trinajstić information content (AvgIpc) is 3.54. The monoisotopic (exact) mass is 478 g/mol. The van der Waals surface area contributed by atoms with Crippen molar-refractivity contribution in [1.29, 1.82) is 0 Å². The lowest BCUT2D eigenvalue weighted by atomic mass is 10.0. The zero-order valence-corrected chi connectivity index (χ0v) is 18.3. The summed E-state index contributed by atoms with van der Waals surface area (Å²) in [7, 11) is 0. The first-order valence-electron chi connectivity index (χ1n) is 10.4. The summed E-state index contributed by atoms with van der Waals surface area (Å²) in [5.74, 6) is 0.185. The molecule has 0 aliphatic carbocycles. The van der Waals surface area contributed by atoms with Gasteiger partial charge in [-0.25, -0.2) is 0 Å². The van der Waals surface area contributed by atoms with E-state index in [1.165, 1.54) is 23.5 Å². The SMILES string of the molecule is O=C(CCc1nnc(-c2ccsc2)o1)NC(CN1CCCC1=O)c1cccc(C(F)(F)F)c1. The molecule has 1 aliphatic rings. The zero-order chi connectivity index (χ0) is 23.4. The molecule has 3 aromatic rings. The van der Waals surface area contributed by atoms with Gasteiger partial charge in [-0.3, -0.25) is 9.59 Å². The van der Waals surface area contributed by atoms with Crippen LogP contribution < -0.4 is 5.32 Å². The second-order valence-corrected chi connectivity index (χ2v) is 8.48. The predicted octanol–water partition coefficient (Wildman–Crippen LogP) is 4.23. The average molecular weight is 478 g/mol. The van der Waals surface area contributed by atoms with Crippen LogP contribution in [-0.2, 0) is 22.2 Å². The second kappa shape index (κ2) is 9.74. The predicted molar refractivity (Wildman–Crippen MR) is 114 cm³/mol. The number of nitrogens with one attached hydrogen (secondary N) is 1. The zero-order valence-electron chi connectivity index (χ0n) is 17.5. The molecule has 3 heterocycles. The number of likely N-dealkylation sites (tertiary alicyclic amines) is 1. The molecule has 1 saturated heterocycles. The Morgan fingerprint density at radius 2 is 2.12 bits per heavy atom. The fraction of sp³-hybridized carbons (Fsp3) is 0.364. The smallest absolute Gasteiger partial charge is 0.416 e. The van der Waals surface area contributed by atoms with E-state index in [1.54, 1.807) is 4.90 Å². The normalized spacial score (nSPS) is 15.1. The van der Waals surface area contributed by atoms with Gasteiger partial charge in [-0.1, -0.05) is 12.1 Å². The van der Waals surface area contributed by atoms with Gasteiger partial charge in [0.1, 0.15) is 0 Å². The minimum atomic E-state index is -4.51. The van der Waals surface area contributed by atoms with Gasteiger partial charge in [-0.15, -0.1) is 10.2 Å². The first-order valence-corrected chi connectivity index (χ1v) is 11.3. The number of carbonyl (C=O) groups excluding carboxylic acids is 2. The Bertz CT molecular complexity index is 1110. The third-order valence-electron chi connectivity index (χ3n) is 5.33. The van der Waals surface area contributed by atoms with Crippen molar-refractivity contribution in [2.75, 3.05) is 13.1 Å². The molecule has 2 aromatic heterocycles. The Kier molecular flexibility index (Phi) is 6.77. The topological polar surface area (TPSA) is 88.3 Å². The van der Waals surface area contributed by atoms with E-state index in [9.17, 15) is 22.8 Å². The molecule has 174 valence electrons. The highest BCUT2D eigenvalue weighted by atomic mass is 32.1. The van der Waals surface area contributed by atoms with Gasteiger partial charge in [0.15, 0.2) is 0 Å². The van der Waals surface area contributed by atoms with Crippen molar-refractivity contribution < 1.29 is 27.2 Å². The van der Waals surface area contributed by atoms with Crippen LogP contribution in [0, 0.1) is 0 Å². The summed E-state index contributed by atoms with van der Waals surface area (Å²) in [6.45, 7) is 0.617. The Morgan fingerprint density at radius 1 is 1.27 bits per heavy atom. The molecule has 4 rings (SSSR count). The third-order valence-corrected chi connectivity index (χ3v) is 6.01. The lowest BCUT2D eigenvalue weighted by molar-refractivity contribution is -0.137. The molecule has 1 aliphatic heterocycles. The van der Waals surface area contributed by atoms with Gasteiger partial charge in [-0.2, -0.15) is 24.5 Å². The van der Waals surface area contributed by atoms with E-state index in [2.05, 4.69) is 15.5 Å². The number of halogens is 3. The van der Waals surface area contributed by atoms with Gasteiger partial charge < -0.3 is 14.6 Å². The van der Waals surface area contributed by atoms with E-state index in [-0.39, 0.29) is 42.7 Å². The van der Waals surface area contributed by atoms with Crippen molar-refractivity contribution in [3.8, 4) is 11.5 Å². The molecule has 0 spiro atoms. The molecule has 1 unspecified atom stereocenters. The molecule has 0 radical (unpaired) electrons. The molecule has 1 aromatic carbocycles. The molecule has 11 heteroatoms. The maximum absolute atomic E-state index is 13.2. The molecule has 7 nitrogen and oxygen atoms in total. The highest BCUT2D eigenvalue weighted by Gasteiger charge is 2.32. The van der Waals surface area contributed by atoms with Crippen LogP contribution in [-0.4, -0.2) is 40.0 Å². The number of hydrogen-bond donors (Lipinski definition) is 1. The lowest BCUT2D eigenvalue weighted by Gasteiger charge is -2.25. The first kappa shape index (κ1) is 23.0. The van der Waals surface area contributed by atoms with E-state index in [1.807, 2.05) is 16.8 Å². The molecular formula is C22H21F3N4O3S. The van der Waals surface area contributed by atoms with Gasteiger partial charge in [0, 0.05) is 43.3 Å². The molecule has 1 atom stereocenters. The van der Waals surface area contributed by atoms with Crippen molar-refractivity contribution in [2.24, 2.45) is 0 Å². The van der Waals surface area contributed by atoms with E-state index in [0.29, 0.717) is 25.3 Å². The van der Waals surface area contributed by atoms with Crippen LogP contribution in [0.2, 0.25) is 0 Å². The molecule has 1 N–H and O–H groups in total. The highest BCUT2D eigenvalue weighted by molar-refractivity contribution is 7.08. The maximum atomic E-state index is 13.2. The number of aromatic nitrogens is 2. The summed E-state index contributed by atoms with van der Waals surface area (Å²) in [6, 6.07) is 5.87. The summed E-state index contributed by atoms with van der Waals surface area (Å²) < 4.78 is 45.2. The fourth-order valence-electron chi connectivity index (χ4n) is 3.63. The minimum absolute atomic E-state index is 0.00861. The van der Waals surface area contributed by atoms with E-state index < -0.39 is 17.8 Å². The molecular weight excluding hydrogens is 457 g/mol. The number of rotatable bonds is 8. The number of alkyl halides is 3. The van der Waals surface area contributed by atoms with Gasteiger partial charge in [0.05, 0.1) is 11.6 Å². The Labute approximate surface area is 191 Å². The summed E-state index contributed by atoms with van der Waals surface area (Å²) in [5.41, 5.74) is 0.275. The standard InChI is InChI=1S/C22H21F3N4O3S/c23-22(24,25)16-4-1-3-14(11-16)17(12-29-9-2-5-20(29)31)26-18(30)6-7-19-27-28-21(32-19)15-8-10-33-13-15/h1,3-4,8,10-11,13,17H,2,5-7,9,12H2,(H,26,30). The van der Waals surface area contributed by atoms with Crippen molar-refractivity contribution in [3.63, 3.8) is 0 Å². The quantitative estimate of drug-likeness (QED) is 0.524. The number of amides is 2. The van der Waals surface area contributed by atoms with E-state index in [0.717, 1.165) is 17.7 Å². The summed E-state index contributed by atoms with van der Waals surface area (Å²) >= 11 is 1.49. The number of thiophene rings is 1. The molecule has 0 bridgehead atoms. The Hall–Kier alpha value is -3.21. The summed E-state index contributed by atoms with van der Waals surface area (Å²) in [5, 5.41) is 14.4. The second-order valence-electron chi connectivity index (χ2n) is 7.70. The van der Waals surface area contributed by atoms with Gasteiger partial charge in [-0.05, 0) is 35.6 Å². The van der Waals surface area contributed by atoms with Gasteiger partial charge in [0.2, 0.25) is 23.6 Å². The van der Waals surface area contributed by atoms with Crippen molar-refractivity contribution in [1.82, 2.24) is 20.4 Å².